The average molecular weight is 310 g/mol. The van der Waals surface area contributed by atoms with Gasteiger partial charge >= 0.3 is 0 Å². The molecule has 1 aromatic heterocycles. The number of rotatable bonds is 4. The van der Waals surface area contributed by atoms with E-state index >= 15 is 0 Å². The minimum Gasteiger partial charge on any atom is -0.489 e. The molecule has 0 N–H and O–H groups in total. The Bertz CT molecular complexity index is 575. The van der Waals surface area contributed by atoms with Gasteiger partial charge in [0.2, 0.25) is 0 Å². The maximum atomic E-state index is 13.1. The van der Waals surface area contributed by atoms with Crippen LogP contribution in [0.25, 0.3) is 0 Å². The molecule has 2 rings (SSSR count). The van der Waals surface area contributed by atoms with Gasteiger partial charge in [-0.1, -0.05) is 0 Å². The number of aromatic nitrogens is 1. The van der Waals surface area contributed by atoms with Crippen molar-refractivity contribution in [3.63, 3.8) is 0 Å². The molecular formula is C13H9BrFNO2. The van der Waals surface area contributed by atoms with Crippen LogP contribution < -0.4 is 4.74 Å². The van der Waals surface area contributed by atoms with E-state index in [1.165, 1.54) is 12.1 Å². The largest absolute Gasteiger partial charge is 0.489 e. The molecule has 1 aromatic carbocycles. The fourth-order valence-electron chi connectivity index (χ4n) is 1.44. The number of pyridine rings is 1. The highest BCUT2D eigenvalue weighted by atomic mass is 79.9. The summed E-state index contributed by atoms with van der Waals surface area (Å²) in [7, 11) is 0. The van der Waals surface area contributed by atoms with Gasteiger partial charge in [-0.25, -0.2) is 4.39 Å². The van der Waals surface area contributed by atoms with Crippen molar-refractivity contribution in [2.75, 3.05) is 0 Å². The Labute approximate surface area is 112 Å². The van der Waals surface area contributed by atoms with E-state index in [1.54, 1.807) is 12.4 Å². The molecule has 0 atom stereocenters. The first kappa shape index (κ1) is 12.7. The van der Waals surface area contributed by atoms with E-state index in [2.05, 4.69) is 20.9 Å². The number of ether oxygens (including phenoxy) is 1. The van der Waals surface area contributed by atoms with Crippen molar-refractivity contribution in [3.05, 3.63) is 58.1 Å². The maximum Gasteiger partial charge on any atom is 0.150 e. The zero-order chi connectivity index (χ0) is 13.0. The van der Waals surface area contributed by atoms with Crippen LogP contribution in [-0.4, -0.2) is 11.3 Å². The van der Waals surface area contributed by atoms with Gasteiger partial charge in [-0.3, -0.25) is 9.78 Å². The van der Waals surface area contributed by atoms with Crippen molar-refractivity contribution >= 4 is 22.2 Å². The standard InChI is InChI=1S/C13H9BrFNO2/c14-11-1-10(5-16-6-11)8-18-13-3-9(7-17)2-12(15)4-13/h1-7H,8H2. The Morgan fingerprint density at radius 1 is 1.28 bits per heavy atom. The van der Waals surface area contributed by atoms with Gasteiger partial charge in [0, 0.05) is 34.1 Å². The molecule has 0 saturated carbocycles. The van der Waals surface area contributed by atoms with Crippen molar-refractivity contribution < 1.29 is 13.9 Å². The number of hydrogen-bond acceptors (Lipinski definition) is 3. The van der Waals surface area contributed by atoms with Gasteiger partial charge in [0.15, 0.2) is 0 Å². The summed E-state index contributed by atoms with van der Waals surface area (Å²) >= 11 is 3.30. The second-order valence-corrected chi connectivity index (χ2v) is 4.55. The molecule has 0 spiro atoms. The van der Waals surface area contributed by atoms with E-state index in [0.29, 0.717) is 12.0 Å². The molecule has 0 aliphatic carbocycles. The number of hydrogen-bond donors (Lipinski definition) is 0. The van der Waals surface area contributed by atoms with Gasteiger partial charge in [-0.15, -0.1) is 0 Å². The fourth-order valence-corrected chi connectivity index (χ4v) is 1.85. The molecule has 5 heteroatoms. The molecule has 0 radical (unpaired) electrons. The van der Waals surface area contributed by atoms with Crippen LogP contribution in [0.3, 0.4) is 0 Å². The molecule has 18 heavy (non-hydrogen) atoms. The summed E-state index contributed by atoms with van der Waals surface area (Å²) in [5, 5.41) is 0. The van der Waals surface area contributed by atoms with Crippen molar-refractivity contribution in [3.8, 4) is 5.75 Å². The monoisotopic (exact) mass is 309 g/mol. The third-order valence-corrected chi connectivity index (χ3v) is 2.63. The number of carbonyl (C=O) groups is 1. The van der Waals surface area contributed by atoms with Crippen LogP contribution in [0.15, 0.2) is 41.1 Å². The van der Waals surface area contributed by atoms with Crippen LogP contribution >= 0.6 is 15.9 Å². The van der Waals surface area contributed by atoms with Gasteiger partial charge < -0.3 is 4.74 Å². The van der Waals surface area contributed by atoms with Gasteiger partial charge in [-0.2, -0.15) is 0 Å². The third-order valence-electron chi connectivity index (χ3n) is 2.20. The summed E-state index contributed by atoms with van der Waals surface area (Å²) in [5.41, 5.74) is 1.10. The second kappa shape index (κ2) is 5.73. The number of aldehydes is 1. The first-order valence-electron chi connectivity index (χ1n) is 5.15. The zero-order valence-electron chi connectivity index (χ0n) is 9.27. The smallest absolute Gasteiger partial charge is 0.150 e. The molecule has 3 nitrogen and oxygen atoms in total. The topological polar surface area (TPSA) is 39.2 Å². The van der Waals surface area contributed by atoms with Crippen LogP contribution in [-0.2, 0) is 6.61 Å². The van der Waals surface area contributed by atoms with Crippen LogP contribution in [0.4, 0.5) is 4.39 Å². The van der Waals surface area contributed by atoms with Crippen molar-refractivity contribution in [1.29, 1.82) is 0 Å². The lowest BCUT2D eigenvalue weighted by atomic mass is 10.2. The summed E-state index contributed by atoms with van der Waals surface area (Å²) in [5.74, 6) is -0.181. The summed E-state index contributed by atoms with van der Waals surface area (Å²) in [6.07, 6.45) is 3.90. The lowest BCUT2D eigenvalue weighted by Crippen LogP contribution is -1.97. The van der Waals surface area contributed by atoms with Crippen LogP contribution in [0.5, 0.6) is 5.75 Å². The summed E-state index contributed by atoms with van der Waals surface area (Å²) in [6.45, 7) is 0.258. The zero-order valence-corrected chi connectivity index (χ0v) is 10.9. The lowest BCUT2D eigenvalue weighted by Gasteiger charge is -2.07. The van der Waals surface area contributed by atoms with E-state index in [1.807, 2.05) is 6.07 Å². The normalized spacial score (nSPS) is 10.1. The predicted molar refractivity (Wildman–Crippen MR) is 68.1 cm³/mol. The number of nitrogens with zero attached hydrogens (tertiary/aromatic N) is 1. The fraction of sp³-hybridized carbons (Fsp3) is 0.0769. The maximum absolute atomic E-state index is 13.1. The first-order chi connectivity index (χ1) is 8.67. The molecule has 0 amide bonds. The van der Waals surface area contributed by atoms with E-state index in [4.69, 9.17) is 4.74 Å². The Kier molecular flexibility index (Phi) is 4.04. The molecule has 1 heterocycles. The van der Waals surface area contributed by atoms with E-state index in [0.717, 1.165) is 16.1 Å². The van der Waals surface area contributed by atoms with Crippen molar-refractivity contribution in [2.24, 2.45) is 0 Å². The molecular weight excluding hydrogens is 301 g/mol. The molecule has 0 unspecified atom stereocenters. The Morgan fingerprint density at radius 3 is 2.83 bits per heavy atom. The van der Waals surface area contributed by atoms with E-state index < -0.39 is 5.82 Å². The summed E-state index contributed by atoms with van der Waals surface area (Å²) < 4.78 is 19.4. The molecule has 0 bridgehead atoms. The Balaban J connectivity index is 2.10. The van der Waals surface area contributed by atoms with Gasteiger partial charge in [0.05, 0.1) is 0 Å². The minimum absolute atomic E-state index is 0.248. The Morgan fingerprint density at radius 2 is 2.11 bits per heavy atom. The number of carbonyl (C=O) groups excluding carboxylic acids is 1. The lowest BCUT2D eigenvalue weighted by molar-refractivity contribution is 0.112. The van der Waals surface area contributed by atoms with E-state index in [-0.39, 0.29) is 12.2 Å². The van der Waals surface area contributed by atoms with Gasteiger partial charge in [-0.05, 0) is 34.1 Å². The van der Waals surface area contributed by atoms with E-state index in [9.17, 15) is 9.18 Å². The van der Waals surface area contributed by atoms with Crippen LogP contribution in [0.1, 0.15) is 15.9 Å². The average Bonchev–Trinajstić information content (AvgIpc) is 2.36. The SMILES string of the molecule is O=Cc1cc(F)cc(OCc2cncc(Br)c2)c1. The molecule has 0 fully saturated rings. The number of halogens is 2. The second-order valence-electron chi connectivity index (χ2n) is 3.64. The molecule has 0 saturated heterocycles. The Hall–Kier alpha value is -1.75. The molecule has 92 valence electrons. The highest BCUT2D eigenvalue weighted by Gasteiger charge is 2.02. The minimum atomic E-state index is -0.498. The van der Waals surface area contributed by atoms with Crippen molar-refractivity contribution in [1.82, 2.24) is 4.98 Å². The van der Waals surface area contributed by atoms with Gasteiger partial charge in [0.1, 0.15) is 24.5 Å². The molecule has 2 aromatic rings. The third kappa shape index (κ3) is 3.37. The predicted octanol–water partition coefficient (Wildman–Crippen LogP) is 3.37. The highest BCUT2D eigenvalue weighted by Crippen LogP contribution is 2.17. The van der Waals surface area contributed by atoms with Crippen LogP contribution in [0, 0.1) is 5.82 Å². The van der Waals surface area contributed by atoms with Gasteiger partial charge in [0.25, 0.3) is 0 Å². The quantitative estimate of drug-likeness (QED) is 0.813. The first-order valence-corrected chi connectivity index (χ1v) is 5.94. The molecule has 0 aliphatic rings. The highest BCUT2D eigenvalue weighted by molar-refractivity contribution is 9.10. The number of benzene rings is 1. The summed E-state index contributed by atoms with van der Waals surface area (Å²) in [6, 6.07) is 5.73. The summed E-state index contributed by atoms with van der Waals surface area (Å²) in [4.78, 5) is 14.6. The van der Waals surface area contributed by atoms with Crippen molar-refractivity contribution in [2.45, 2.75) is 6.61 Å². The molecule has 0 aliphatic heterocycles. The van der Waals surface area contributed by atoms with Crippen LogP contribution in [0.2, 0.25) is 0 Å².